The van der Waals surface area contributed by atoms with E-state index in [-0.39, 0.29) is 6.03 Å². The molecule has 0 saturated carbocycles. The van der Waals surface area contributed by atoms with Crippen molar-refractivity contribution >= 4 is 44.5 Å². The maximum atomic E-state index is 11.7. The molecule has 1 aromatic carbocycles. The number of rotatable bonds is 3. The van der Waals surface area contributed by atoms with Gasteiger partial charge in [-0.05, 0) is 37.6 Å². The number of carbonyl (C=O) groups is 1. The Hall–Kier alpha value is -1.66. The number of anilines is 1. The third-order valence-electron chi connectivity index (χ3n) is 2.59. The van der Waals surface area contributed by atoms with E-state index in [4.69, 9.17) is 0 Å². The molecule has 0 aliphatic rings. The summed E-state index contributed by atoms with van der Waals surface area (Å²) in [5, 5.41) is 5.95. The van der Waals surface area contributed by atoms with Gasteiger partial charge in [-0.1, -0.05) is 28.1 Å². The molecule has 1 aromatic heterocycles. The molecule has 0 saturated heterocycles. The first-order chi connectivity index (χ1) is 9.54. The number of hydrogen-bond donors (Lipinski definition) is 2. The highest BCUT2D eigenvalue weighted by molar-refractivity contribution is 9.10. The Morgan fingerprint density at radius 1 is 1.40 bits per heavy atom. The minimum absolute atomic E-state index is 0.301. The number of urea groups is 1. The summed E-state index contributed by atoms with van der Waals surface area (Å²) in [5.74, 6) is 0. The van der Waals surface area contributed by atoms with Gasteiger partial charge in [0.05, 0.1) is 5.69 Å². The first-order valence-corrected chi connectivity index (χ1v) is 7.59. The minimum Gasteiger partial charge on any atom is -0.314 e. The van der Waals surface area contributed by atoms with Crippen molar-refractivity contribution in [1.82, 2.24) is 10.3 Å². The van der Waals surface area contributed by atoms with E-state index in [1.165, 1.54) is 11.3 Å². The smallest absolute Gasteiger partial charge is 0.314 e. The highest BCUT2D eigenvalue weighted by Gasteiger charge is 2.05. The topological polar surface area (TPSA) is 54.0 Å². The van der Waals surface area contributed by atoms with Crippen molar-refractivity contribution in [1.29, 1.82) is 0 Å². The zero-order valence-electron chi connectivity index (χ0n) is 11.1. The van der Waals surface area contributed by atoms with Crippen LogP contribution in [0.5, 0.6) is 0 Å². The number of nitrogens with one attached hydrogen (secondary N) is 2. The number of thiazole rings is 1. The van der Waals surface area contributed by atoms with E-state index in [1.54, 1.807) is 6.20 Å². The maximum Gasteiger partial charge on any atom is 0.325 e. The molecule has 2 rings (SSSR count). The van der Waals surface area contributed by atoms with Gasteiger partial charge in [-0.2, -0.15) is 0 Å². The molecule has 2 N–H and O–H groups in total. The van der Waals surface area contributed by atoms with Crippen LogP contribution >= 0.6 is 27.3 Å². The Morgan fingerprint density at radius 3 is 2.85 bits per heavy atom. The van der Waals surface area contributed by atoms with E-state index in [0.29, 0.717) is 5.13 Å². The Morgan fingerprint density at radius 2 is 2.20 bits per heavy atom. The molecule has 0 spiro atoms. The second-order valence-corrected chi connectivity index (χ2v) is 6.27. The van der Waals surface area contributed by atoms with Crippen LogP contribution in [-0.2, 0) is 0 Å². The molecule has 0 fully saturated rings. The fourth-order valence-corrected chi connectivity index (χ4v) is 2.71. The van der Waals surface area contributed by atoms with Crippen LogP contribution in [0.2, 0.25) is 0 Å². The highest BCUT2D eigenvalue weighted by Crippen LogP contribution is 2.20. The Kier molecular flexibility index (Phi) is 4.92. The van der Waals surface area contributed by atoms with E-state index in [2.05, 4.69) is 31.5 Å². The van der Waals surface area contributed by atoms with Crippen LogP contribution in [0.1, 0.15) is 16.1 Å². The van der Waals surface area contributed by atoms with E-state index in [1.807, 2.05) is 44.2 Å². The monoisotopic (exact) mass is 351 g/mol. The van der Waals surface area contributed by atoms with Gasteiger partial charge in [-0.25, -0.2) is 9.78 Å². The standard InChI is InChI=1S/C14H14BrN3OS/c1-9-10(2)20-14(17-9)18-13(19)16-7-6-11-4-3-5-12(15)8-11/h3-8H,1-2H3,(H2,16,17,18,19)/b7-6+. The van der Waals surface area contributed by atoms with Crippen molar-refractivity contribution in [2.75, 3.05) is 5.32 Å². The van der Waals surface area contributed by atoms with Gasteiger partial charge in [0.15, 0.2) is 5.13 Å². The van der Waals surface area contributed by atoms with Crippen molar-refractivity contribution < 1.29 is 4.79 Å². The van der Waals surface area contributed by atoms with Crippen LogP contribution in [0.3, 0.4) is 0 Å². The second-order valence-electron chi connectivity index (χ2n) is 4.15. The van der Waals surface area contributed by atoms with Crippen molar-refractivity contribution in [2.45, 2.75) is 13.8 Å². The lowest BCUT2D eigenvalue weighted by Gasteiger charge is -2.00. The van der Waals surface area contributed by atoms with Crippen LogP contribution in [0.25, 0.3) is 6.08 Å². The normalized spacial score (nSPS) is 10.8. The predicted octanol–water partition coefficient (Wildman–Crippen LogP) is 4.31. The Balaban J connectivity index is 1.89. The first-order valence-electron chi connectivity index (χ1n) is 5.98. The van der Waals surface area contributed by atoms with Crippen molar-refractivity contribution in [2.24, 2.45) is 0 Å². The zero-order valence-corrected chi connectivity index (χ0v) is 13.5. The van der Waals surface area contributed by atoms with Crippen molar-refractivity contribution in [3.05, 3.63) is 51.1 Å². The maximum absolute atomic E-state index is 11.7. The Bertz CT molecular complexity index is 632. The summed E-state index contributed by atoms with van der Waals surface area (Å²) in [6.45, 7) is 3.89. The molecular formula is C14H14BrN3OS. The molecule has 0 radical (unpaired) electrons. The summed E-state index contributed by atoms with van der Waals surface area (Å²) < 4.78 is 0.998. The van der Waals surface area contributed by atoms with Crippen LogP contribution < -0.4 is 10.6 Å². The van der Waals surface area contributed by atoms with Crippen molar-refractivity contribution in [3.8, 4) is 0 Å². The van der Waals surface area contributed by atoms with E-state index >= 15 is 0 Å². The SMILES string of the molecule is Cc1nc(NC(=O)N/C=C/c2cccc(Br)c2)sc1C. The minimum atomic E-state index is -0.301. The quantitative estimate of drug-likeness (QED) is 0.865. The highest BCUT2D eigenvalue weighted by atomic mass is 79.9. The van der Waals surface area contributed by atoms with E-state index in [9.17, 15) is 4.79 Å². The fraction of sp³-hybridized carbons (Fsp3) is 0.143. The average Bonchev–Trinajstić information content (AvgIpc) is 2.68. The van der Waals surface area contributed by atoms with Gasteiger partial charge in [0.25, 0.3) is 0 Å². The lowest BCUT2D eigenvalue weighted by Crippen LogP contribution is -2.23. The summed E-state index contributed by atoms with van der Waals surface area (Å²) in [5.41, 5.74) is 1.94. The van der Waals surface area contributed by atoms with Gasteiger partial charge in [0, 0.05) is 15.5 Å². The second kappa shape index (κ2) is 6.67. The van der Waals surface area contributed by atoms with Gasteiger partial charge in [0.2, 0.25) is 0 Å². The molecule has 104 valence electrons. The number of carbonyl (C=O) groups excluding carboxylic acids is 1. The largest absolute Gasteiger partial charge is 0.325 e. The number of aromatic nitrogens is 1. The Labute approximate surface area is 130 Å². The molecule has 2 amide bonds. The third kappa shape index (κ3) is 4.18. The molecule has 6 heteroatoms. The van der Waals surface area contributed by atoms with Gasteiger partial charge in [-0.3, -0.25) is 5.32 Å². The van der Waals surface area contributed by atoms with Crippen LogP contribution in [-0.4, -0.2) is 11.0 Å². The average molecular weight is 352 g/mol. The third-order valence-corrected chi connectivity index (χ3v) is 4.07. The molecule has 1 heterocycles. The molecular weight excluding hydrogens is 338 g/mol. The zero-order chi connectivity index (χ0) is 14.5. The molecule has 2 aromatic rings. The number of nitrogens with zero attached hydrogens (tertiary/aromatic N) is 1. The molecule has 0 aliphatic carbocycles. The van der Waals surface area contributed by atoms with Crippen LogP contribution in [0, 0.1) is 13.8 Å². The summed E-state index contributed by atoms with van der Waals surface area (Å²) in [7, 11) is 0. The summed E-state index contributed by atoms with van der Waals surface area (Å²) in [6, 6.07) is 7.50. The summed E-state index contributed by atoms with van der Waals surface area (Å²) in [4.78, 5) is 17.0. The summed E-state index contributed by atoms with van der Waals surface area (Å²) in [6.07, 6.45) is 3.42. The van der Waals surface area contributed by atoms with Crippen molar-refractivity contribution in [3.63, 3.8) is 0 Å². The summed E-state index contributed by atoms with van der Waals surface area (Å²) >= 11 is 4.86. The van der Waals surface area contributed by atoms with Crippen LogP contribution in [0.15, 0.2) is 34.9 Å². The molecule has 4 nitrogen and oxygen atoms in total. The van der Waals surface area contributed by atoms with E-state index in [0.717, 1.165) is 20.6 Å². The first kappa shape index (κ1) is 14.7. The van der Waals surface area contributed by atoms with Gasteiger partial charge >= 0.3 is 6.03 Å². The van der Waals surface area contributed by atoms with Crippen LogP contribution in [0.4, 0.5) is 9.93 Å². The molecule has 0 unspecified atom stereocenters. The van der Waals surface area contributed by atoms with Gasteiger partial charge in [-0.15, -0.1) is 11.3 Å². The van der Waals surface area contributed by atoms with Gasteiger partial charge in [0.1, 0.15) is 0 Å². The lowest BCUT2D eigenvalue weighted by molar-refractivity contribution is 0.255. The predicted molar refractivity (Wildman–Crippen MR) is 86.9 cm³/mol. The van der Waals surface area contributed by atoms with Gasteiger partial charge < -0.3 is 5.32 Å². The molecule has 0 atom stereocenters. The number of benzene rings is 1. The lowest BCUT2D eigenvalue weighted by atomic mass is 10.2. The number of aryl methyl sites for hydroxylation is 2. The molecule has 0 aliphatic heterocycles. The number of halogens is 1. The number of hydrogen-bond acceptors (Lipinski definition) is 3. The molecule has 0 bridgehead atoms. The molecule has 20 heavy (non-hydrogen) atoms. The van der Waals surface area contributed by atoms with E-state index < -0.39 is 0 Å². The number of amides is 2. The fourth-order valence-electron chi connectivity index (χ4n) is 1.48.